The van der Waals surface area contributed by atoms with Crippen molar-refractivity contribution < 1.29 is 32.4 Å². The third-order valence-electron chi connectivity index (χ3n) is 3.31. The number of Topliss-reactive ketones (excluding diaryl/α,β-unsaturated/α-hetero) is 1. The molecule has 2 aromatic rings. The topological polar surface area (TPSA) is 98.5 Å². The number of benzene rings is 1. The van der Waals surface area contributed by atoms with E-state index in [1.165, 1.54) is 0 Å². The van der Waals surface area contributed by atoms with Gasteiger partial charge in [0.2, 0.25) is 5.91 Å². The summed E-state index contributed by atoms with van der Waals surface area (Å²) in [7, 11) is 0. The molecule has 2 rings (SSSR count). The maximum absolute atomic E-state index is 13.1. The van der Waals surface area contributed by atoms with Crippen LogP contribution in [0.3, 0.4) is 0 Å². The Balaban J connectivity index is 1.74. The molecule has 0 aliphatic carbocycles. The second-order valence-corrected chi connectivity index (χ2v) is 6.81. The molecule has 0 unspecified atom stereocenters. The van der Waals surface area contributed by atoms with Gasteiger partial charge in [-0.2, -0.15) is 0 Å². The fourth-order valence-electron chi connectivity index (χ4n) is 1.86. The van der Waals surface area contributed by atoms with Gasteiger partial charge in [-0.3, -0.25) is 14.4 Å². The third kappa shape index (κ3) is 6.17. The molecule has 1 atom stereocenters. The van der Waals surface area contributed by atoms with Crippen LogP contribution in [-0.4, -0.2) is 40.4 Å². The molecule has 1 N–H and O–H groups in total. The number of aromatic nitrogens is 1. The Hall–Kier alpha value is -2.75. The van der Waals surface area contributed by atoms with Crippen LogP contribution in [0.15, 0.2) is 28.8 Å². The Morgan fingerprint density at radius 3 is 2.63 bits per heavy atom. The summed E-state index contributed by atoms with van der Waals surface area (Å²) in [5.74, 6) is -3.36. The second kappa shape index (κ2) is 9.26. The largest absolute Gasteiger partial charge is 0.457 e. The van der Waals surface area contributed by atoms with Gasteiger partial charge in [0.25, 0.3) is 0 Å². The van der Waals surface area contributed by atoms with Gasteiger partial charge in [-0.05, 0) is 32.0 Å². The van der Waals surface area contributed by atoms with E-state index in [0.29, 0.717) is 5.76 Å². The second-order valence-electron chi connectivity index (χ2n) is 5.48. The zero-order valence-electron chi connectivity index (χ0n) is 14.5. The Bertz CT molecular complexity index is 856. The molecular weight excluding hydrogens is 382 g/mol. The third-order valence-corrected chi connectivity index (χ3v) is 4.42. The van der Waals surface area contributed by atoms with Crippen molar-refractivity contribution in [3.63, 3.8) is 0 Å². The van der Waals surface area contributed by atoms with Gasteiger partial charge in [0.1, 0.15) is 5.76 Å². The first kappa shape index (κ1) is 20.6. The van der Waals surface area contributed by atoms with Crippen LogP contribution < -0.4 is 5.32 Å². The Labute approximate surface area is 157 Å². The smallest absolute Gasteiger partial charge is 0.316 e. The number of carbonyl (C=O) groups excluding carboxylic acids is 3. The monoisotopic (exact) mass is 398 g/mol. The highest BCUT2D eigenvalue weighted by Crippen LogP contribution is 2.15. The Morgan fingerprint density at radius 2 is 2.00 bits per heavy atom. The van der Waals surface area contributed by atoms with Crippen LogP contribution in [0.25, 0.3) is 0 Å². The van der Waals surface area contributed by atoms with Gasteiger partial charge in [0.05, 0.1) is 11.0 Å². The fraction of sp³-hybridized carbons (Fsp3) is 0.294. The summed E-state index contributed by atoms with van der Waals surface area (Å²) >= 11 is 1.00. The molecule has 0 fully saturated rings. The first-order valence-corrected chi connectivity index (χ1v) is 8.81. The first-order chi connectivity index (χ1) is 12.8. The summed E-state index contributed by atoms with van der Waals surface area (Å²) in [6.07, 6.45) is 0. The summed E-state index contributed by atoms with van der Waals surface area (Å²) < 4.78 is 35.6. The van der Waals surface area contributed by atoms with Crippen LogP contribution in [0.4, 0.5) is 14.6 Å². The van der Waals surface area contributed by atoms with E-state index in [1.54, 1.807) is 19.9 Å². The molecular formula is C17H16F2N2O5S. The van der Waals surface area contributed by atoms with Crippen LogP contribution in [0.5, 0.6) is 0 Å². The lowest BCUT2D eigenvalue weighted by molar-refractivity contribution is -0.139. The van der Waals surface area contributed by atoms with Gasteiger partial charge in [-0.1, -0.05) is 5.16 Å². The van der Waals surface area contributed by atoms with E-state index in [4.69, 9.17) is 9.26 Å². The molecule has 1 aromatic carbocycles. The highest BCUT2D eigenvalue weighted by atomic mass is 32.2. The average molecular weight is 398 g/mol. The zero-order valence-corrected chi connectivity index (χ0v) is 15.3. The summed E-state index contributed by atoms with van der Waals surface area (Å²) in [4.78, 5) is 35.5. The van der Waals surface area contributed by atoms with Crippen molar-refractivity contribution in [1.82, 2.24) is 5.16 Å². The average Bonchev–Trinajstić information content (AvgIpc) is 3.04. The molecule has 0 bridgehead atoms. The lowest BCUT2D eigenvalue weighted by Gasteiger charge is -2.10. The summed E-state index contributed by atoms with van der Waals surface area (Å²) in [6.45, 7) is 2.66. The predicted molar refractivity (Wildman–Crippen MR) is 93.4 cm³/mol. The van der Waals surface area contributed by atoms with E-state index in [2.05, 4.69) is 10.5 Å². The number of halogens is 2. The molecule has 144 valence electrons. The van der Waals surface area contributed by atoms with E-state index >= 15 is 0 Å². The highest BCUT2D eigenvalue weighted by Gasteiger charge is 2.18. The highest BCUT2D eigenvalue weighted by molar-refractivity contribution is 8.01. The summed E-state index contributed by atoms with van der Waals surface area (Å²) in [6, 6.07) is 4.20. The van der Waals surface area contributed by atoms with E-state index in [9.17, 15) is 23.2 Å². The minimum absolute atomic E-state index is 0.106. The standard InChI is InChI=1S/C17H16F2N2O5S/c1-9-5-15(21-26-9)20-17(24)10(2)27-8-16(23)25-7-14(22)11-3-4-12(18)13(19)6-11/h3-6,10H,7-8H2,1-2H3,(H,20,21,24)/t10-/m0/s1. The van der Waals surface area contributed by atoms with Gasteiger partial charge in [-0.25, -0.2) is 8.78 Å². The minimum Gasteiger partial charge on any atom is -0.457 e. The fourth-order valence-corrected chi connectivity index (χ4v) is 2.54. The molecule has 1 amide bonds. The van der Waals surface area contributed by atoms with Gasteiger partial charge >= 0.3 is 5.97 Å². The first-order valence-electron chi connectivity index (χ1n) is 7.76. The van der Waals surface area contributed by atoms with Crippen molar-refractivity contribution in [2.45, 2.75) is 19.1 Å². The Kier molecular flexibility index (Phi) is 7.05. The molecule has 0 spiro atoms. The molecule has 1 heterocycles. The van der Waals surface area contributed by atoms with Crippen molar-refractivity contribution in [3.05, 3.63) is 47.2 Å². The number of anilines is 1. The lowest BCUT2D eigenvalue weighted by atomic mass is 10.1. The number of nitrogens with one attached hydrogen (secondary N) is 1. The van der Waals surface area contributed by atoms with Crippen molar-refractivity contribution in [2.75, 3.05) is 17.7 Å². The number of ketones is 1. The van der Waals surface area contributed by atoms with Gasteiger partial charge < -0.3 is 14.6 Å². The predicted octanol–water partition coefficient (Wildman–Crippen LogP) is 2.75. The molecule has 0 aliphatic rings. The molecule has 27 heavy (non-hydrogen) atoms. The normalized spacial score (nSPS) is 11.7. The van der Waals surface area contributed by atoms with E-state index in [0.717, 1.165) is 30.0 Å². The molecule has 0 saturated carbocycles. The lowest BCUT2D eigenvalue weighted by Crippen LogP contribution is -2.24. The maximum atomic E-state index is 13.1. The number of aryl methyl sites for hydroxylation is 1. The van der Waals surface area contributed by atoms with Crippen LogP contribution in [0.1, 0.15) is 23.0 Å². The summed E-state index contributed by atoms with van der Waals surface area (Å²) in [5, 5.41) is 5.57. The number of nitrogens with zero attached hydrogens (tertiary/aromatic N) is 1. The number of rotatable bonds is 8. The molecule has 1 aromatic heterocycles. The quantitative estimate of drug-likeness (QED) is 0.539. The van der Waals surface area contributed by atoms with Crippen LogP contribution >= 0.6 is 11.8 Å². The molecule has 10 heteroatoms. The SMILES string of the molecule is Cc1cc(NC(=O)[C@H](C)SCC(=O)OCC(=O)c2ccc(F)c(F)c2)no1. The van der Waals surface area contributed by atoms with E-state index in [-0.39, 0.29) is 23.0 Å². The number of amides is 1. The van der Waals surface area contributed by atoms with Crippen molar-refractivity contribution in [3.8, 4) is 0 Å². The number of esters is 1. The molecule has 0 saturated heterocycles. The summed E-state index contributed by atoms with van der Waals surface area (Å²) in [5.41, 5.74) is -0.106. The van der Waals surface area contributed by atoms with Crippen molar-refractivity contribution >= 4 is 35.2 Å². The minimum atomic E-state index is -1.16. The van der Waals surface area contributed by atoms with Gasteiger partial charge in [-0.15, -0.1) is 11.8 Å². The zero-order chi connectivity index (χ0) is 20.0. The molecule has 0 radical (unpaired) electrons. The number of ether oxygens (including phenoxy) is 1. The number of carbonyl (C=O) groups is 3. The number of hydrogen-bond donors (Lipinski definition) is 1. The van der Waals surface area contributed by atoms with E-state index in [1.807, 2.05) is 0 Å². The molecule has 0 aliphatic heterocycles. The number of thioether (sulfide) groups is 1. The van der Waals surface area contributed by atoms with Gasteiger partial charge in [0.15, 0.2) is 29.8 Å². The maximum Gasteiger partial charge on any atom is 0.316 e. The Morgan fingerprint density at radius 1 is 1.26 bits per heavy atom. The number of hydrogen-bond acceptors (Lipinski definition) is 7. The van der Waals surface area contributed by atoms with Gasteiger partial charge in [0, 0.05) is 11.6 Å². The van der Waals surface area contributed by atoms with Crippen molar-refractivity contribution in [2.24, 2.45) is 0 Å². The van der Waals surface area contributed by atoms with E-state index < -0.39 is 35.2 Å². The van der Waals surface area contributed by atoms with Crippen molar-refractivity contribution in [1.29, 1.82) is 0 Å². The van der Waals surface area contributed by atoms with Crippen LogP contribution in [0, 0.1) is 18.6 Å². The van der Waals surface area contributed by atoms with Crippen LogP contribution in [0.2, 0.25) is 0 Å². The van der Waals surface area contributed by atoms with Crippen LogP contribution in [-0.2, 0) is 14.3 Å². The molecule has 7 nitrogen and oxygen atoms in total.